The van der Waals surface area contributed by atoms with Gasteiger partial charge >= 0.3 is 0 Å². The number of carbonyl (C=O) groups is 1. The van der Waals surface area contributed by atoms with Gasteiger partial charge in [0.15, 0.2) is 0 Å². The van der Waals surface area contributed by atoms with Crippen LogP contribution in [0.3, 0.4) is 0 Å². The number of benzene rings is 1. The summed E-state index contributed by atoms with van der Waals surface area (Å²) in [4.78, 5) is 14.4. The van der Waals surface area contributed by atoms with Crippen LogP contribution < -0.4 is 11.1 Å². The van der Waals surface area contributed by atoms with Crippen molar-refractivity contribution < 1.29 is 4.79 Å². The maximum Gasteiger partial charge on any atom is 0.238 e. The van der Waals surface area contributed by atoms with Gasteiger partial charge in [0.1, 0.15) is 0 Å². The Labute approximate surface area is 139 Å². The first-order valence-electron chi connectivity index (χ1n) is 7.18. The molecule has 0 bridgehead atoms. The molecule has 0 aromatic heterocycles. The maximum atomic E-state index is 12.2. The van der Waals surface area contributed by atoms with Crippen molar-refractivity contribution in [2.45, 2.75) is 25.8 Å². The lowest BCUT2D eigenvalue weighted by atomic mass is 9.92. The minimum atomic E-state index is -0.0489. The molecule has 0 saturated carbocycles. The zero-order chi connectivity index (χ0) is 15.4. The molecule has 0 spiro atoms. The van der Waals surface area contributed by atoms with Gasteiger partial charge in [-0.05, 0) is 43.5 Å². The van der Waals surface area contributed by atoms with Crippen molar-refractivity contribution in [3.05, 3.63) is 27.7 Å². The number of piperidine rings is 1. The standard InChI is InChI=1S/C15H21BrClN3O/c1-10-4-5-20(12(6-10)8-18)9-15(21)19-14-3-2-11(16)7-13(14)17/h2-3,7,10,12H,4-6,8-9,18H2,1H3,(H,19,21). The highest BCUT2D eigenvalue weighted by Crippen LogP contribution is 2.26. The lowest BCUT2D eigenvalue weighted by Crippen LogP contribution is -2.49. The third-order valence-electron chi connectivity index (χ3n) is 3.92. The minimum absolute atomic E-state index is 0.0489. The number of nitrogens with zero attached hydrogens (tertiary/aromatic N) is 1. The van der Waals surface area contributed by atoms with Crippen LogP contribution >= 0.6 is 27.5 Å². The predicted molar refractivity (Wildman–Crippen MR) is 90.6 cm³/mol. The van der Waals surface area contributed by atoms with Gasteiger partial charge in [0.05, 0.1) is 17.3 Å². The molecule has 1 fully saturated rings. The Morgan fingerprint density at radius 1 is 1.57 bits per heavy atom. The highest BCUT2D eigenvalue weighted by molar-refractivity contribution is 9.10. The summed E-state index contributed by atoms with van der Waals surface area (Å²) in [5, 5.41) is 3.39. The molecule has 1 aromatic carbocycles. The lowest BCUT2D eigenvalue weighted by molar-refractivity contribution is -0.118. The second kappa shape index (κ2) is 7.58. The van der Waals surface area contributed by atoms with E-state index >= 15 is 0 Å². The monoisotopic (exact) mass is 373 g/mol. The molecule has 1 aliphatic rings. The third kappa shape index (κ3) is 4.68. The Kier molecular flexibility index (Phi) is 6.05. The van der Waals surface area contributed by atoms with E-state index in [9.17, 15) is 4.79 Å². The van der Waals surface area contributed by atoms with Crippen molar-refractivity contribution in [2.75, 3.05) is 25.0 Å². The van der Waals surface area contributed by atoms with Crippen LogP contribution in [-0.4, -0.2) is 36.5 Å². The van der Waals surface area contributed by atoms with Crippen LogP contribution in [0.4, 0.5) is 5.69 Å². The number of hydrogen-bond acceptors (Lipinski definition) is 3. The first kappa shape index (κ1) is 16.7. The molecule has 1 amide bonds. The van der Waals surface area contributed by atoms with Crippen molar-refractivity contribution >= 4 is 39.1 Å². The highest BCUT2D eigenvalue weighted by Gasteiger charge is 2.26. The molecule has 1 saturated heterocycles. The van der Waals surface area contributed by atoms with Gasteiger partial charge in [-0.1, -0.05) is 34.5 Å². The Bertz CT molecular complexity index is 512. The van der Waals surface area contributed by atoms with Gasteiger partial charge in [-0.25, -0.2) is 0 Å². The average Bonchev–Trinajstić information content (AvgIpc) is 2.44. The summed E-state index contributed by atoms with van der Waals surface area (Å²) in [5.74, 6) is 0.631. The van der Waals surface area contributed by atoms with Crippen molar-refractivity contribution in [2.24, 2.45) is 11.7 Å². The van der Waals surface area contributed by atoms with Gasteiger partial charge < -0.3 is 11.1 Å². The van der Waals surface area contributed by atoms with Gasteiger partial charge in [0.2, 0.25) is 5.91 Å². The second-order valence-electron chi connectivity index (χ2n) is 5.66. The van der Waals surface area contributed by atoms with Crippen LogP contribution in [0.15, 0.2) is 22.7 Å². The van der Waals surface area contributed by atoms with Crippen LogP contribution in [0.1, 0.15) is 19.8 Å². The summed E-state index contributed by atoms with van der Waals surface area (Å²) >= 11 is 9.46. The molecule has 1 heterocycles. The van der Waals surface area contributed by atoms with Crippen LogP contribution in [0, 0.1) is 5.92 Å². The molecule has 0 aliphatic carbocycles. The highest BCUT2D eigenvalue weighted by atomic mass is 79.9. The number of carbonyl (C=O) groups excluding carboxylic acids is 1. The molecule has 0 radical (unpaired) electrons. The van der Waals surface area contributed by atoms with Crippen LogP contribution in [0.2, 0.25) is 5.02 Å². The van der Waals surface area contributed by atoms with E-state index in [4.69, 9.17) is 17.3 Å². The molecule has 21 heavy (non-hydrogen) atoms. The predicted octanol–water partition coefficient (Wildman–Crippen LogP) is 3.10. The molecular formula is C15H21BrClN3O. The Morgan fingerprint density at radius 2 is 2.33 bits per heavy atom. The molecule has 1 aliphatic heterocycles. The van der Waals surface area contributed by atoms with E-state index in [0.29, 0.717) is 35.8 Å². The molecular weight excluding hydrogens is 354 g/mol. The minimum Gasteiger partial charge on any atom is -0.329 e. The van der Waals surface area contributed by atoms with E-state index in [1.807, 2.05) is 6.07 Å². The average molecular weight is 375 g/mol. The van der Waals surface area contributed by atoms with Gasteiger partial charge in [-0.3, -0.25) is 9.69 Å². The van der Waals surface area contributed by atoms with Crippen LogP contribution in [0.5, 0.6) is 0 Å². The summed E-state index contributed by atoms with van der Waals surface area (Å²) in [6.07, 6.45) is 2.17. The molecule has 1 aromatic rings. The molecule has 3 N–H and O–H groups in total. The Morgan fingerprint density at radius 3 is 3.00 bits per heavy atom. The second-order valence-corrected chi connectivity index (χ2v) is 6.98. The number of likely N-dealkylation sites (tertiary alicyclic amines) is 1. The first-order valence-corrected chi connectivity index (χ1v) is 8.35. The summed E-state index contributed by atoms with van der Waals surface area (Å²) in [5.41, 5.74) is 6.46. The first-order chi connectivity index (χ1) is 9.99. The smallest absolute Gasteiger partial charge is 0.238 e. The molecule has 2 unspecified atom stereocenters. The number of anilines is 1. The number of nitrogens with two attached hydrogens (primary N) is 1. The number of nitrogens with one attached hydrogen (secondary N) is 1. The lowest BCUT2D eigenvalue weighted by Gasteiger charge is -2.37. The largest absolute Gasteiger partial charge is 0.329 e. The summed E-state index contributed by atoms with van der Waals surface area (Å²) < 4.78 is 0.888. The van der Waals surface area contributed by atoms with E-state index in [1.54, 1.807) is 12.1 Å². The third-order valence-corrected chi connectivity index (χ3v) is 4.73. The summed E-state index contributed by atoms with van der Waals surface area (Å²) in [7, 11) is 0. The molecule has 6 heteroatoms. The SMILES string of the molecule is CC1CCN(CC(=O)Nc2ccc(Br)cc2Cl)C(CN)C1. The number of rotatable bonds is 4. The van der Waals surface area contributed by atoms with E-state index in [2.05, 4.69) is 33.1 Å². The van der Waals surface area contributed by atoms with Crippen LogP contribution in [-0.2, 0) is 4.79 Å². The van der Waals surface area contributed by atoms with E-state index < -0.39 is 0 Å². The molecule has 2 atom stereocenters. The fourth-order valence-electron chi connectivity index (χ4n) is 2.72. The number of halogens is 2. The zero-order valence-electron chi connectivity index (χ0n) is 12.1. The number of amides is 1. The van der Waals surface area contributed by atoms with Crippen LogP contribution in [0.25, 0.3) is 0 Å². The topological polar surface area (TPSA) is 58.4 Å². The van der Waals surface area contributed by atoms with Crippen molar-refractivity contribution in [3.63, 3.8) is 0 Å². The Hall–Kier alpha value is -0.620. The van der Waals surface area contributed by atoms with Gasteiger partial charge in [-0.2, -0.15) is 0 Å². The van der Waals surface area contributed by atoms with E-state index in [1.165, 1.54) is 0 Å². The van der Waals surface area contributed by atoms with Gasteiger partial charge in [0.25, 0.3) is 0 Å². The molecule has 116 valence electrons. The van der Waals surface area contributed by atoms with E-state index in [-0.39, 0.29) is 5.91 Å². The van der Waals surface area contributed by atoms with Crippen molar-refractivity contribution in [1.29, 1.82) is 0 Å². The van der Waals surface area contributed by atoms with Crippen molar-refractivity contribution in [3.8, 4) is 0 Å². The van der Waals surface area contributed by atoms with E-state index in [0.717, 1.165) is 23.9 Å². The molecule has 2 rings (SSSR count). The quantitative estimate of drug-likeness (QED) is 0.851. The summed E-state index contributed by atoms with van der Waals surface area (Å²) in [6, 6.07) is 5.71. The van der Waals surface area contributed by atoms with Gasteiger partial charge in [0, 0.05) is 17.1 Å². The fraction of sp³-hybridized carbons (Fsp3) is 0.533. The fourth-order valence-corrected chi connectivity index (χ4v) is 3.44. The zero-order valence-corrected chi connectivity index (χ0v) is 14.5. The van der Waals surface area contributed by atoms with Crippen molar-refractivity contribution in [1.82, 2.24) is 4.90 Å². The molecule has 4 nitrogen and oxygen atoms in total. The maximum absolute atomic E-state index is 12.2. The van der Waals surface area contributed by atoms with Gasteiger partial charge in [-0.15, -0.1) is 0 Å². The summed E-state index contributed by atoms with van der Waals surface area (Å²) in [6.45, 7) is 4.11. The Balaban J connectivity index is 1.94. The number of hydrogen-bond donors (Lipinski definition) is 2. The normalized spacial score (nSPS) is 23.0.